The second-order valence-corrected chi connectivity index (χ2v) is 3.91. The van der Waals surface area contributed by atoms with E-state index >= 15 is 0 Å². The van der Waals surface area contributed by atoms with E-state index in [0.717, 1.165) is 24.6 Å². The average molecular weight is 243 g/mol. The van der Waals surface area contributed by atoms with E-state index in [1.54, 1.807) is 0 Å². The van der Waals surface area contributed by atoms with Gasteiger partial charge >= 0.3 is 0 Å². The maximum absolute atomic E-state index is 4.81. The van der Waals surface area contributed by atoms with Crippen LogP contribution in [0, 0.1) is 0 Å². The highest BCUT2D eigenvalue weighted by molar-refractivity contribution is 8.10. The normalized spacial score (nSPS) is 8.42. The number of hydrogen-bond acceptors (Lipinski definition) is 3. The van der Waals surface area contributed by atoms with Crippen LogP contribution in [-0.4, -0.2) is 33.8 Å². The number of thiocarbonyl (C=S) groups is 1. The van der Waals surface area contributed by atoms with Crippen LogP contribution in [0.3, 0.4) is 0 Å². The van der Waals surface area contributed by atoms with Gasteiger partial charge in [0, 0.05) is 13.1 Å². The summed E-state index contributed by atoms with van der Waals surface area (Å²) in [6, 6.07) is 0. The van der Waals surface area contributed by atoms with E-state index in [4.69, 9.17) is 12.2 Å². The summed E-state index contributed by atoms with van der Waals surface area (Å²) in [5, 5.41) is 0. The lowest BCUT2D eigenvalue weighted by molar-refractivity contribution is 0.482. The van der Waals surface area contributed by atoms with Gasteiger partial charge in [-0.3, -0.25) is 0 Å². The van der Waals surface area contributed by atoms with Gasteiger partial charge in [0.05, 0.1) is 0 Å². The maximum atomic E-state index is 4.81. The Balaban J connectivity index is 0. The summed E-state index contributed by atoms with van der Waals surface area (Å²) >= 11 is 16.5. The monoisotopic (exact) mass is 243 g/mol. The smallest absolute Gasteiger partial charge is 0.133 e. The van der Waals surface area contributed by atoms with Gasteiger partial charge in [0.25, 0.3) is 0 Å². The minimum Gasteiger partial charge on any atom is -0.358 e. The second kappa shape index (κ2) is 11.9. The molecule has 0 aromatic heterocycles. The standard InChI is InChI=1S/C5H11NS2.C2H6S2/c1-3-6(4-2)5(7)8;3-1-2-4/h3-4H2,1-2H3,(H,7,8);3-4H,1-2H2. The molecule has 0 radical (unpaired) electrons. The first kappa shape index (κ1) is 15.4. The summed E-state index contributed by atoms with van der Waals surface area (Å²) in [5.41, 5.74) is 0. The summed E-state index contributed by atoms with van der Waals surface area (Å²) < 4.78 is 0.690. The molecule has 0 aromatic rings. The Kier molecular flexibility index (Phi) is 15.3. The van der Waals surface area contributed by atoms with Crippen molar-refractivity contribution in [2.45, 2.75) is 13.8 Å². The molecule has 0 N–H and O–H groups in total. The molecule has 0 atom stereocenters. The number of nitrogens with zero attached hydrogens (tertiary/aromatic N) is 1. The Morgan fingerprint density at radius 3 is 1.50 bits per heavy atom. The third-order valence-corrected chi connectivity index (χ3v) is 2.48. The van der Waals surface area contributed by atoms with E-state index in [-0.39, 0.29) is 0 Å². The largest absolute Gasteiger partial charge is 0.358 e. The lowest BCUT2D eigenvalue weighted by atomic mass is 10.6. The topological polar surface area (TPSA) is 3.24 Å². The molecule has 0 amide bonds. The molecule has 0 aromatic carbocycles. The van der Waals surface area contributed by atoms with Gasteiger partial charge in [-0.15, -0.1) is 12.6 Å². The molecular weight excluding hydrogens is 226 g/mol. The number of rotatable bonds is 3. The Labute approximate surface area is 97.5 Å². The molecule has 0 aliphatic carbocycles. The number of hydrogen-bond donors (Lipinski definition) is 3. The van der Waals surface area contributed by atoms with E-state index in [9.17, 15) is 0 Å². The van der Waals surface area contributed by atoms with E-state index < -0.39 is 0 Å². The van der Waals surface area contributed by atoms with Gasteiger partial charge in [0.2, 0.25) is 0 Å². The van der Waals surface area contributed by atoms with E-state index in [1.165, 1.54) is 0 Å². The third-order valence-electron chi connectivity index (χ3n) is 1.13. The maximum Gasteiger partial charge on any atom is 0.133 e. The summed E-state index contributed by atoms with van der Waals surface area (Å²) in [7, 11) is 0. The van der Waals surface area contributed by atoms with Crippen molar-refractivity contribution >= 4 is 54.4 Å². The second-order valence-electron chi connectivity index (χ2n) is 1.90. The molecule has 12 heavy (non-hydrogen) atoms. The fraction of sp³-hybridized carbons (Fsp3) is 0.857. The van der Waals surface area contributed by atoms with Gasteiger partial charge < -0.3 is 4.90 Å². The zero-order valence-corrected chi connectivity index (χ0v) is 11.0. The fourth-order valence-corrected chi connectivity index (χ4v) is 1.04. The third kappa shape index (κ3) is 10.9. The summed E-state index contributed by atoms with van der Waals surface area (Å²) in [4.78, 5) is 2.01. The minimum atomic E-state index is 0.690. The molecule has 0 saturated carbocycles. The summed E-state index contributed by atoms with van der Waals surface area (Å²) in [6.45, 7) is 6.04. The van der Waals surface area contributed by atoms with Crippen molar-refractivity contribution in [2.24, 2.45) is 0 Å². The Hall–Kier alpha value is 0.940. The van der Waals surface area contributed by atoms with E-state index in [2.05, 4.69) is 51.7 Å². The molecule has 0 aliphatic rings. The van der Waals surface area contributed by atoms with Crippen molar-refractivity contribution in [3.8, 4) is 0 Å². The van der Waals surface area contributed by atoms with E-state index in [0.29, 0.717) is 4.32 Å². The fourth-order valence-electron chi connectivity index (χ4n) is 0.494. The predicted molar refractivity (Wildman–Crippen MR) is 72.2 cm³/mol. The van der Waals surface area contributed by atoms with Crippen molar-refractivity contribution in [2.75, 3.05) is 24.6 Å². The first-order valence-electron chi connectivity index (χ1n) is 3.83. The Morgan fingerprint density at radius 2 is 1.50 bits per heavy atom. The van der Waals surface area contributed by atoms with Gasteiger partial charge in [-0.1, -0.05) is 12.2 Å². The van der Waals surface area contributed by atoms with Crippen molar-refractivity contribution < 1.29 is 0 Å². The van der Waals surface area contributed by atoms with Crippen LogP contribution in [-0.2, 0) is 0 Å². The molecule has 0 saturated heterocycles. The van der Waals surface area contributed by atoms with Crippen LogP contribution in [0.2, 0.25) is 0 Å². The highest BCUT2D eigenvalue weighted by atomic mass is 32.1. The molecule has 0 fully saturated rings. The Bertz CT molecular complexity index is 102. The Morgan fingerprint density at radius 1 is 1.17 bits per heavy atom. The van der Waals surface area contributed by atoms with Gasteiger partial charge in [-0.05, 0) is 25.4 Å². The van der Waals surface area contributed by atoms with Crippen LogP contribution in [0.25, 0.3) is 0 Å². The minimum absolute atomic E-state index is 0.690. The van der Waals surface area contributed by atoms with Crippen LogP contribution in [0.5, 0.6) is 0 Å². The van der Waals surface area contributed by atoms with Crippen LogP contribution in [0.4, 0.5) is 0 Å². The molecule has 1 nitrogen and oxygen atoms in total. The van der Waals surface area contributed by atoms with Crippen LogP contribution >= 0.6 is 50.1 Å². The first-order chi connectivity index (χ1) is 5.63. The lowest BCUT2D eigenvalue weighted by Gasteiger charge is -2.16. The van der Waals surface area contributed by atoms with Crippen LogP contribution in [0.1, 0.15) is 13.8 Å². The van der Waals surface area contributed by atoms with Crippen LogP contribution < -0.4 is 0 Å². The average Bonchev–Trinajstić information content (AvgIpc) is 2.07. The molecule has 0 spiro atoms. The summed E-state index contributed by atoms with van der Waals surface area (Å²) in [5.74, 6) is 1.76. The highest BCUT2D eigenvalue weighted by Crippen LogP contribution is 1.93. The summed E-state index contributed by atoms with van der Waals surface area (Å²) in [6.07, 6.45) is 0. The quantitative estimate of drug-likeness (QED) is 0.516. The lowest BCUT2D eigenvalue weighted by Crippen LogP contribution is -2.24. The predicted octanol–water partition coefficient (Wildman–Crippen LogP) is 2.39. The van der Waals surface area contributed by atoms with Crippen LogP contribution in [0.15, 0.2) is 0 Å². The number of thiol groups is 3. The molecule has 0 heterocycles. The molecule has 0 rings (SSSR count). The van der Waals surface area contributed by atoms with Crippen molar-refractivity contribution in [1.82, 2.24) is 4.90 Å². The molecule has 0 aliphatic heterocycles. The van der Waals surface area contributed by atoms with E-state index in [1.807, 2.05) is 4.90 Å². The van der Waals surface area contributed by atoms with Gasteiger partial charge in [-0.2, -0.15) is 25.3 Å². The molecule has 0 bridgehead atoms. The molecule has 5 heteroatoms. The highest BCUT2D eigenvalue weighted by Gasteiger charge is 1.96. The SMILES string of the molecule is CCN(CC)C(=S)S.SCCS. The first-order valence-corrected chi connectivity index (χ1v) is 5.95. The molecule has 74 valence electrons. The van der Waals surface area contributed by atoms with Gasteiger partial charge in [0.15, 0.2) is 0 Å². The van der Waals surface area contributed by atoms with Crippen molar-refractivity contribution in [3.05, 3.63) is 0 Å². The van der Waals surface area contributed by atoms with Gasteiger partial charge in [0.1, 0.15) is 4.32 Å². The molecule has 0 unspecified atom stereocenters. The molecular formula is C7H17NS4. The van der Waals surface area contributed by atoms with Crippen molar-refractivity contribution in [1.29, 1.82) is 0 Å². The zero-order chi connectivity index (χ0) is 9.98. The zero-order valence-electron chi connectivity index (χ0n) is 7.53. The van der Waals surface area contributed by atoms with Crippen molar-refractivity contribution in [3.63, 3.8) is 0 Å². The van der Waals surface area contributed by atoms with Gasteiger partial charge in [-0.25, -0.2) is 0 Å².